The Morgan fingerprint density at radius 1 is 1.17 bits per heavy atom. The number of halogens is 3. The summed E-state index contributed by atoms with van der Waals surface area (Å²) in [7, 11) is 0. The van der Waals surface area contributed by atoms with Gasteiger partial charge in [0.15, 0.2) is 0 Å². The molecule has 0 aliphatic carbocycles. The Morgan fingerprint density at radius 3 is 2.67 bits per heavy atom. The van der Waals surface area contributed by atoms with Gasteiger partial charge in [-0.25, -0.2) is 8.78 Å². The Bertz CT molecular complexity index is 570. The summed E-state index contributed by atoms with van der Waals surface area (Å²) >= 11 is 3.17. The maximum absolute atomic E-state index is 13.3. The molecule has 0 fully saturated rings. The maximum atomic E-state index is 13.3. The predicted molar refractivity (Wildman–Crippen MR) is 69.6 cm³/mol. The molecule has 2 aromatic carbocycles. The molecule has 18 heavy (non-hydrogen) atoms. The number of ether oxygens (including phenoxy) is 1. The molecule has 1 nitrogen and oxygen atoms in total. The van der Waals surface area contributed by atoms with Gasteiger partial charge in [-0.15, -0.1) is 0 Å². The number of hydrogen-bond donors (Lipinski definition) is 0. The van der Waals surface area contributed by atoms with E-state index in [1.165, 1.54) is 18.2 Å². The zero-order chi connectivity index (χ0) is 13.1. The van der Waals surface area contributed by atoms with Gasteiger partial charge in [0.1, 0.15) is 24.0 Å². The fourth-order valence-electron chi connectivity index (χ4n) is 1.59. The third kappa shape index (κ3) is 2.88. The highest BCUT2D eigenvalue weighted by atomic mass is 79.9. The quantitative estimate of drug-likeness (QED) is 0.804. The van der Waals surface area contributed by atoms with E-state index in [1.807, 2.05) is 0 Å². The van der Waals surface area contributed by atoms with Crippen molar-refractivity contribution in [3.63, 3.8) is 0 Å². The highest BCUT2D eigenvalue weighted by molar-refractivity contribution is 9.10. The first-order valence-electron chi connectivity index (χ1n) is 5.40. The molecule has 0 heterocycles. The second-order valence-electron chi connectivity index (χ2n) is 3.91. The highest BCUT2D eigenvalue weighted by Gasteiger charge is 2.07. The fourth-order valence-corrected chi connectivity index (χ4v) is 1.97. The van der Waals surface area contributed by atoms with Crippen molar-refractivity contribution in [2.24, 2.45) is 0 Å². The molecule has 0 amide bonds. The highest BCUT2D eigenvalue weighted by Crippen LogP contribution is 2.24. The topological polar surface area (TPSA) is 9.23 Å². The minimum absolute atomic E-state index is 0.227. The molecule has 0 saturated heterocycles. The van der Waals surface area contributed by atoms with Gasteiger partial charge >= 0.3 is 0 Å². The van der Waals surface area contributed by atoms with Gasteiger partial charge in [-0.2, -0.15) is 0 Å². The van der Waals surface area contributed by atoms with Gasteiger partial charge in [-0.3, -0.25) is 0 Å². The Kier molecular flexibility index (Phi) is 3.97. The normalized spacial score (nSPS) is 10.4. The van der Waals surface area contributed by atoms with E-state index in [4.69, 9.17) is 4.74 Å². The molecule has 2 rings (SSSR count). The van der Waals surface area contributed by atoms with Crippen LogP contribution in [-0.2, 0) is 6.61 Å². The van der Waals surface area contributed by atoms with Gasteiger partial charge < -0.3 is 4.74 Å². The first-order chi connectivity index (χ1) is 8.58. The van der Waals surface area contributed by atoms with Crippen LogP contribution in [0.1, 0.15) is 11.1 Å². The molecule has 0 saturated carbocycles. The summed E-state index contributed by atoms with van der Waals surface area (Å²) in [5, 5.41) is 0. The molecular weight excluding hydrogens is 302 g/mol. The lowest BCUT2D eigenvalue weighted by Crippen LogP contribution is -1.99. The summed E-state index contributed by atoms with van der Waals surface area (Å²) in [6.45, 7) is 1.99. The summed E-state index contributed by atoms with van der Waals surface area (Å²) in [5.74, 6) is -0.0359. The molecule has 0 aromatic heterocycles. The fraction of sp³-hybridized carbons (Fsp3) is 0.143. The van der Waals surface area contributed by atoms with Crippen LogP contribution in [0.2, 0.25) is 0 Å². The van der Waals surface area contributed by atoms with E-state index < -0.39 is 0 Å². The lowest BCUT2D eigenvalue weighted by atomic mass is 10.2. The Morgan fingerprint density at radius 2 is 1.94 bits per heavy atom. The van der Waals surface area contributed by atoms with Crippen LogP contribution in [0.25, 0.3) is 0 Å². The Balaban J connectivity index is 2.14. The zero-order valence-electron chi connectivity index (χ0n) is 9.71. The van der Waals surface area contributed by atoms with Crippen LogP contribution in [0, 0.1) is 18.6 Å². The molecule has 0 atom stereocenters. The molecule has 0 bridgehead atoms. The van der Waals surface area contributed by atoms with E-state index >= 15 is 0 Å². The standard InChI is InChI=1S/C14H11BrF2O/c1-9-7-11(16)5-6-13(9)18-8-10-3-2-4-12(17)14(10)15/h2-7H,8H2,1H3. The molecule has 0 aliphatic rings. The summed E-state index contributed by atoms with van der Waals surface area (Å²) < 4.78 is 32.1. The lowest BCUT2D eigenvalue weighted by molar-refractivity contribution is 0.302. The summed E-state index contributed by atoms with van der Waals surface area (Å²) in [6, 6.07) is 9.07. The third-order valence-electron chi connectivity index (χ3n) is 2.55. The molecule has 4 heteroatoms. The Labute approximate surface area is 113 Å². The average Bonchev–Trinajstić information content (AvgIpc) is 2.33. The van der Waals surface area contributed by atoms with Crippen LogP contribution in [0.5, 0.6) is 5.75 Å². The molecular formula is C14H11BrF2O. The van der Waals surface area contributed by atoms with Crippen molar-refractivity contribution in [2.75, 3.05) is 0 Å². The second-order valence-corrected chi connectivity index (χ2v) is 4.70. The van der Waals surface area contributed by atoms with Crippen molar-refractivity contribution < 1.29 is 13.5 Å². The minimum atomic E-state index is -0.327. The van der Waals surface area contributed by atoms with Crippen molar-refractivity contribution in [2.45, 2.75) is 13.5 Å². The van der Waals surface area contributed by atoms with Crippen LogP contribution < -0.4 is 4.74 Å². The van der Waals surface area contributed by atoms with Crippen LogP contribution in [-0.4, -0.2) is 0 Å². The maximum Gasteiger partial charge on any atom is 0.137 e. The summed E-state index contributed by atoms with van der Waals surface area (Å²) in [6.07, 6.45) is 0. The van der Waals surface area contributed by atoms with E-state index in [1.54, 1.807) is 25.1 Å². The molecule has 0 radical (unpaired) electrons. The van der Waals surface area contributed by atoms with E-state index in [-0.39, 0.29) is 18.2 Å². The van der Waals surface area contributed by atoms with Crippen molar-refractivity contribution in [3.05, 3.63) is 63.6 Å². The van der Waals surface area contributed by atoms with Gasteiger partial charge in [0.05, 0.1) is 4.47 Å². The third-order valence-corrected chi connectivity index (χ3v) is 3.44. The van der Waals surface area contributed by atoms with E-state index in [2.05, 4.69) is 15.9 Å². The monoisotopic (exact) mass is 312 g/mol. The Hall–Kier alpha value is -1.42. The number of hydrogen-bond acceptors (Lipinski definition) is 1. The van der Waals surface area contributed by atoms with E-state index in [0.29, 0.717) is 21.3 Å². The first-order valence-corrected chi connectivity index (χ1v) is 6.19. The summed E-state index contributed by atoms with van der Waals surface area (Å²) in [4.78, 5) is 0. The van der Waals surface area contributed by atoms with Crippen LogP contribution in [0.3, 0.4) is 0 Å². The van der Waals surface area contributed by atoms with Crippen molar-refractivity contribution in [1.29, 1.82) is 0 Å². The smallest absolute Gasteiger partial charge is 0.137 e. The van der Waals surface area contributed by atoms with Crippen LogP contribution in [0.15, 0.2) is 40.9 Å². The van der Waals surface area contributed by atoms with Gasteiger partial charge in [0, 0.05) is 5.56 Å². The van der Waals surface area contributed by atoms with Gasteiger partial charge in [-0.05, 0) is 52.7 Å². The largest absolute Gasteiger partial charge is 0.489 e. The SMILES string of the molecule is Cc1cc(F)ccc1OCc1cccc(F)c1Br. The van der Waals surface area contributed by atoms with Crippen molar-refractivity contribution in [1.82, 2.24) is 0 Å². The lowest BCUT2D eigenvalue weighted by Gasteiger charge is -2.10. The zero-order valence-corrected chi connectivity index (χ0v) is 11.3. The first kappa shape index (κ1) is 13.0. The molecule has 94 valence electrons. The van der Waals surface area contributed by atoms with Crippen molar-refractivity contribution in [3.8, 4) is 5.75 Å². The molecule has 0 aliphatic heterocycles. The van der Waals surface area contributed by atoms with E-state index in [9.17, 15) is 8.78 Å². The number of rotatable bonds is 3. The van der Waals surface area contributed by atoms with Gasteiger partial charge in [0.2, 0.25) is 0 Å². The van der Waals surface area contributed by atoms with Crippen molar-refractivity contribution >= 4 is 15.9 Å². The van der Waals surface area contributed by atoms with Gasteiger partial charge in [0.25, 0.3) is 0 Å². The number of benzene rings is 2. The second kappa shape index (κ2) is 5.48. The predicted octanol–water partition coefficient (Wildman–Crippen LogP) is 4.61. The minimum Gasteiger partial charge on any atom is -0.489 e. The molecule has 0 N–H and O–H groups in total. The number of aryl methyl sites for hydroxylation is 1. The summed E-state index contributed by atoms with van der Waals surface area (Å²) in [5.41, 5.74) is 1.42. The molecule has 0 unspecified atom stereocenters. The molecule has 0 spiro atoms. The van der Waals surface area contributed by atoms with Crippen LogP contribution >= 0.6 is 15.9 Å². The van der Waals surface area contributed by atoms with Gasteiger partial charge in [-0.1, -0.05) is 12.1 Å². The van der Waals surface area contributed by atoms with Crippen LogP contribution in [0.4, 0.5) is 8.78 Å². The van der Waals surface area contributed by atoms with E-state index in [0.717, 1.165) is 0 Å². The average molecular weight is 313 g/mol. The molecule has 2 aromatic rings.